The Morgan fingerprint density at radius 1 is 0.889 bits per heavy atom. The lowest BCUT2D eigenvalue weighted by atomic mass is 10.1. The summed E-state index contributed by atoms with van der Waals surface area (Å²) < 4.78 is 5.63. The van der Waals surface area contributed by atoms with E-state index in [4.69, 9.17) is 4.74 Å². The van der Waals surface area contributed by atoms with Crippen molar-refractivity contribution < 1.29 is 14.3 Å². The lowest BCUT2D eigenvalue weighted by Gasteiger charge is -2.35. The lowest BCUT2D eigenvalue weighted by Crippen LogP contribution is -2.50. The van der Waals surface area contributed by atoms with Crippen LogP contribution in [-0.2, 0) is 11.2 Å². The number of hydrogen-bond acceptors (Lipinski definition) is 3. The molecule has 1 fully saturated rings. The van der Waals surface area contributed by atoms with E-state index in [1.165, 1.54) is 0 Å². The first-order valence-electron chi connectivity index (χ1n) is 9.52. The Hall–Kier alpha value is -2.82. The van der Waals surface area contributed by atoms with Crippen molar-refractivity contribution in [3.8, 4) is 5.75 Å². The van der Waals surface area contributed by atoms with Crippen LogP contribution in [0.4, 0.5) is 0 Å². The van der Waals surface area contributed by atoms with Crippen LogP contribution in [0, 0.1) is 0 Å². The number of carbonyl (C=O) groups is 2. The fourth-order valence-corrected chi connectivity index (χ4v) is 3.33. The summed E-state index contributed by atoms with van der Waals surface area (Å²) in [5.74, 6) is 1.02. The van der Waals surface area contributed by atoms with Crippen LogP contribution >= 0.6 is 0 Å². The van der Waals surface area contributed by atoms with Gasteiger partial charge in [-0.2, -0.15) is 0 Å². The third-order valence-electron chi connectivity index (χ3n) is 4.82. The Bertz CT molecular complexity index is 768. The van der Waals surface area contributed by atoms with Gasteiger partial charge < -0.3 is 14.5 Å². The van der Waals surface area contributed by atoms with Gasteiger partial charge in [-0.05, 0) is 37.1 Å². The molecule has 0 aliphatic carbocycles. The van der Waals surface area contributed by atoms with Gasteiger partial charge in [0.2, 0.25) is 5.91 Å². The van der Waals surface area contributed by atoms with Crippen molar-refractivity contribution >= 4 is 11.8 Å². The van der Waals surface area contributed by atoms with Crippen molar-refractivity contribution in [3.05, 3.63) is 65.7 Å². The van der Waals surface area contributed by atoms with E-state index in [0.29, 0.717) is 51.2 Å². The molecule has 0 bridgehead atoms. The van der Waals surface area contributed by atoms with Gasteiger partial charge in [-0.3, -0.25) is 9.59 Å². The summed E-state index contributed by atoms with van der Waals surface area (Å²) in [6, 6.07) is 17.2. The molecular formula is C22H26N2O3. The molecule has 27 heavy (non-hydrogen) atoms. The van der Waals surface area contributed by atoms with Crippen molar-refractivity contribution in [2.24, 2.45) is 0 Å². The quantitative estimate of drug-likeness (QED) is 0.790. The monoisotopic (exact) mass is 366 g/mol. The third kappa shape index (κ3) is 4.88. The molecule has 142 valence electrons. The van der Waals surface area contributed by atoms with Crippen molar-refractivity contribution in [2.45, 2.75) is 19.8 Å². The molecule has 0 atom stereocenters. The Morgan fingerprint density at radius 3 is 2.22 bits per heavy atom. The molecule has 1 heterocycles. The highest BCUT2D eigenvalue weighted by atomic mass is 16.5. The molecule has 0 saturated carbocycles. The largest absolute Gasteiger partial charge is 0.494 e. The number of carbonyl (C=O) groups excluding carboxylic acids is 2. The molecule has 0 aromatic heterocycles. The van der Waals surface area contributed by atoms with Gasteiger partial charge in [0.05, 0.1) is 6.61 Å². The van der Waals surface area contributed by atoms with E-state index in [1.807, 2.05) is 71.3 Å². The van der Waals surface area contributed by atoms with Crippen LogP contribution in [0.25, 0.3) is 0 Å². The summed E-state index contributed by atoms with van der Waals surface area (Å²) in [4.78, 5) is 28.7. The molecule has 1 aliphatic heterocycles. The van der Waals surface area contributed by atoms with Gasteiger partial charge in [-0.1, -0.05) is 36.4 Å². The zero-order chi connectivity index (χ0) is 19.1. The van der Waals surface area contributed by atoms with E-state index in [1.54, 1.807) is 0 Å². The minimum atomic E-state index is 0.0355. The van der Waals surface area contributed by atoms with Gasteiger partial charge in [0.25, 0.3) is 5.91 Å². The van der Waals surface area contributed by atoms with Crippen LogP contribution in [0.5, 0.6) is 5.75 Å². The van der Waals surface area contributed by atoms with E-state index in [2.05, 4.69) is 0 Å². The summed E-state index contributed by atoms with van der Waals surface area (Å²) in [5.41, 5.74) is 1.76. The normalized spacial score (nSPS) is 14.1. The number of hydrogen-bond donors (Lipinski definition) is 0. The Balaban J connectivity index is 1.50. The molecule has 0 spiro atoms. The zero-order valence-corrected chi connectivity index (χ0v) is 15.8. The SMILES string of the molecule is CCOc1ccccc1CCC(=O)N1CCN(C(=O)c2ccccc2)CC1. The van der Waals surface area contributed by atoms with Gasteiger partial charge in [0, 0.05) is 38.2 Å². The van der Waals surface area contributed by atoms with E-state index < -0.39 is 0 Å². The Kier molecular flexibility index (Phi) is 6.47. The fourth-order valence-electron chi connectivity index (χ4n) is 3.33. The molecular weight excluding hydrogens is 340 g/mol. The predicted octanol–water partition coefficient (Wildman–Crippen LogP) is 3.00. The molecule has 1 aliphatic rings. The van der Waals surface area contributed by atoms with E-state index in [-0.39, 0.29) is 11.8 Å². The maximum atomic E-state index is 12.6. The molecule has 0 radical (unpaired) electrons. The third-order valence-corrected chi connectivity index (χ3v) is 4.82. The average Bonchev–Trinajstić information content (AvgIpc) is 2.73. The first kappa shape index (κ1) is 19.0. The molecule has 2 aromatic rings. The van der Waals surface area contributed by atoms with Crippen LogP contribution in [0.1, 0.15) is 29.3 Å². The first-order valence-corrected chi connectivity index (χ1v) is 9.52. The summed E-state index contributed by atoms with van der Waals surface area (Å²) in [6.07, 6.45) is 1.12. The maximum Gasteiger partial charge on any atom is 0.253 e. The second-order valence-corrected chi connectivity index (χ2v) is 6.58. The first-order chi connectivity index (χ1) is 13.2. The van der Waals surface area contributed by atoms with Gasteiger partial charge >= 0.3 is 0 Å². The fraction of sp³-hybridized carbons (Fsp3) is 0.364. The van der Waals surface area contributed by atoms with Gasteiger partial charge in [0.1, 0.15) is 5.75 Å². The topological polar surface area (TPSA) is 49.9 Å². The highest BCUT2D eigenvalue weighted by molar-refractivity contribution is 5.94. The van der Waals surface area contributed by atoms with Gasteiger partial charge in [0.15, 0.2) is 0 Å². The summed E-state index contributed by atoms with van der Waals surface area (Å²) in [7, 11) is 0. The number of rotatable bonds is 6. The molecule has 3 rings (SSSR count). The standard InChI is InChI=1S/C22H26N2O3/c1-2-27-20-11-7-6-8-18(20)12-13-21(25)23-14-16-24(17-15-23)22(26)19-9-4-3-5-10-19/h3-11H,2,12-17H2,1H3. The smallest absolute Gasteiger partial charge is 0.253 e. The molecule has 2 aromatic carbocycles. The number of amides is 2. The number of ether oxygens (including phenoxy) is 1. The summed E-state index contributed by atoms with van der Waals surface area (Å²) in [6.45, 7) is 4.90. The number of nitrogens with zero attached hydrogens (tertiary/aromatic N) is 2. The summed E-state index contributed by atoms with van der Waals surface area (Å²) >= 11 is 0. The number of para-hydroxylation sites is 1. The number of benzene rings is 2. The maximum absolute atomic E-state index is 12.6. The highest BCUT2D eigenvalue weighted by Gasteiger charge is 2.24. The Labute approximate surface area is 160 Å². The minimum absolute atomic E-state index is 0.0355. The van der Waals surface area contributed by atoms with Crippen LogP contribution in [0.3, 0.4) is 0 Å². The Morgan fingerprint density at radius 2 is 1.52 bits per heavy atom. The number of aryl methyl sites for hydroxylation is 1. The zero-order valence-electron chi connectivity index (χ0n) is 15.8. The minimum Gasteiger partial charge on any atom is -0.494 e. The van der Waals surface area contributed by atoms with E-state index >= 15 is 0 Å². The summed E-state index contributed by atoms with van der Waals surface area (Å²) in [5, 5.41) is 0. The molecule has 0 unspecified atom stereocenters. The predicted molar refractivity (Wildman–Crippen MR) is 105 cm³/mol. The van der Waals surface area contributed by atoms with Crippen LogP contribution in [0.15, 0.2) is 54.6 Å². The van der Waals surface area contributed by atoms with Crippen LogP contribution < -0.4 is 4.74 Å². The van der Waals surface area contributed by atoms with Crippen LogP contribution in [0.2, 0.25) is 0 Å². The molecule has 2 amide bonds. The highest BCUT2D eigenvalue weighted by Crippen LogP contribution is 2.20. The van der Waals surface area contributed by atoms with Crippen molar-refractivity contribution in [1.29, 1.82) is 0 Å². The van der Waals surface area contributed by atoms with E-state index in [0.717, 1.165) is 11.3 Å². The van der Waals surface area contributed by atoms with Crippen molar-refractivity contribution in [2.75, 3.05) is 32.8 Å². The molecule has 5 heteroatoms. The van der Waals surface area contributed by atoms with E-state index in [9.17, 15) is 9.59 Å². The second-order valence-electron chi connectivity index (χ2n) is 6.58. The molecule has 5 nitrogen and oxygen atoms in total. The average molecular weight is 366 g/mol. The number of piperazine rings is 1. The lowest BCUT2D eigenvalue weighted by molar-refractivity contribution is -0.132. The van der Waals surface area contributed by atoms with Crippen molar-refractivity contribution in [1.82, 2.24) is 9.80 Å². The van der Waals surface area contributed by atoms with Gasteiger partial charge in [-0.15, -0.1) is 0 Å². The van der Waals surface area contributed by atoms with Gasteiger partial charge in [-0.25, -0.2) is 0 Å². The molecule has 0 N–H and O–H groups in total. The molecule has 1 saturated heterocycles. The second kappa shape index (κ2) is 9.21. The van der Waals surface area contributed by atoms with Crippen molar-refractivity contribution in [3.63, 3.8) is 0 Å². The van der Waals surface area contributed by atoms with Crippen LogP contribution in [-0.4, -0.2) is 54.4 Å².